The highest BCUT2D eigenvalue weighted by Crippen LogP contribution is 2.53. The lowest BCUT2D eigenvalue weighted by atomic mass is 9.69. The molecule has 2 aliphatic rings. The van der Waals surface area contributed by atoms with E-state index in [1.807, 2.05) is 30.4 Å². The molecule has 2 fully saturated rings. The summed E-state index contributed by atoms with van der Waals surface area (Å²) >= 11 is 0. The molecule has 9 nitrogen and oxygen atoms in total. The third kappa shape index (κ3) is 5.68. The van der Waals surface area contributed by atoms with Crippen LogP contribution in [0.5, 0.6) is 5.88 Å². The number of aromatic nitrogens is 3. The minimum atomic E-state index is -4.40. The van der Waals surface area contributed by atoms with E-state index in [-0.39, 0.29) is 41.8 Å². The number of nitrogens with one attached hydrogen (secondary N) is 1. The fourth-order valence-corrected chi connectivity index (χ4v) is 6.61. The summed E-state index contributed by atoms with van der Waals surface area (Å²) in [6.45, 7) is 6.00. The molecule has 1 atom stereocenters. The molecule has 1 aliphatic heterocycles. The average Bonchev–Trinajstić information content (AvgIpc) is 3.44. The van der Waals surface area contributed by atoms with Crippen molar-refractivity contribution in [1.82, 2.24) is 19.5 Å². The maximum Gasteiger partial charge on any atom is 0.397 e. The van der Waals surface area contributed by atoms with E-state index in [1.54, 1.807) is 0 Å². The molecular formula is C28H31F4N5O4S. The number of anilines is 1. The van der Waals surface area contributed by atoms with Gasteiger partial charge in [-0.3, -0.25) is 4.79 Å². The van der Waals surface area contributed by atoms with Gasteiger partial charge in [-0.25, -0.2) is 27.2 Å². The van der Waals surface area contributed by atoms with Crippen LogP contribution in [0.15, 0.2) is 53.6 Å². The van der Waals surface area contributed by atoms with Crippen LogP contribution in [0.4, 0.5) is 23.4 Å². The second-order valence-corrected chi connectivity index (χ2v) is 13.4. The minimum Gasteiger partial charge on any atom is -0.476 e. The summed E-state index contributed by atoms with van der Waals surface area (Å²) in [6, 6.07) is 8.57. The van der Waals surface area contributed by atoms with Crippen molar-refractivity contribution in [3.05, 3.63) is 60.0 Å². The van der Waals surface area contributed by atoms with Crippen molar-refractivity contribution < 1.29 is 35.5 Å². The van der Waals surface area contributed by atoms with Crippen molar-refractivity contribution in [2.75, 3.05) is 18.1 Å². The van der Waals surface area contributed by atoms with Gasteiger partial charge in [-0.2, -0.15) is 13.2 Å². The van der Waals surface area contributed by atoms with Crippen LogP contribution >= 0.6 is 0 Å². The Morgan fingerprint density at radius 2 is 1.90 bits per heavy atom. The fraction of sp³-hybridized carbons (Fsp3) is 0.464. The monoisotopic (exact) mass is 609 g/mol. The van der Waals surface area contributed by atoms with Gasteiger partial charge < -0.3 is 9.64 Å². The summed E-state index contributed by atoms with van der Waals surface area (Å²) < 4.78 is 88.7. The quantitative estimate of drug-likeness (QED) is 0.347. The summed E-state index contributed by atoms with van der Waals surface area (Å²) in [5.41, 5.74) is -2.34. The summed E-state index contributed by atoms with van der Waals surface area (Å²) in [6.07, 6.45) is -1.62. The van der Waals surface area contributed by atoms with Crippen molar-refractivity contribution in [1.29, 1.82) is 0 Å². The van der Waals surface area contributed by atoms with Gasteiger partial charge in [-0.15, -0.1) is 5.10 Å². The molecule has 1 aromatic carbocycles. The number of alkyl halides is 3. The van der Waals surface area contributed by atoms with Crippen LogP contribution in [-0.4, -0.2) is 54.0 Å². The lowest BCUT2D eigenvalue weighted by Gasteiger charge is -2.42. The van der Waals surface area contributed by atoms with Crippen molar-refractivity contribution >= 4 is 21.7 Å². The number of nitrogens with zero attached hydrogens (tertiary/aromatic N) is 4. The second-order valence-electron chi connectivity index (χ2n) is 11.7. The standard InChI is InChI=1S/C28H31F4N5O4S/c1-18-15-26(2,3)36(16-18)24-21(25(38)35-42(39,40)20-7-4-6-19(29)14-20)8-9-22(33-24)37-13-10-23(34-37)41-17-27(11-5-12-27)28(30,31)32/h4,6-10,13-14,18H,5,11-12,15-17H2,1-3H3,(H,35,38)/t18-/m0/s1. The molecule has 1 aliphatic carbocycles. The topological polar surface area (TPSA) is 106 Å². The van der Waals surface area contributed by atoms with Crippen molar-refractivity contribution in [3.63, 3.8) is 0 Å². The number of halogens is 4. The first-order valence-electron chi connectivity index (χ1n) is 13.5. The predicted molar refractivity (Wildman–Crippen MR) is 145 cm³/mol. The largest absolute Gasteiger partial charge is 0.476 e. The van der Waals surface area contributed by atoms with Gasteiger partial charge in [0, 0.05) is 24.3 Å². The van der Waals surface area contributed by atoms with Crippen LogP contribution < -0.4 is 14.4 Å². The third-order valence-corrected chi connectivity index (χ3v) is 9.30. The maximum absolute atomic E-state index is 13.7. The molecule has 0 radical (unpaired) electrons. The molecule has 3 heterocycles. The van der Waals surface area contributed by atoms with Crippen LogP contribution in [0.25, 0.3) is 5.82 Å². The normalized spacial score (nSPS) is 19.8. The molecule has 3 aromatic rings. The number of ether oxygens (including phenoxy) is 1. The number of rotatable bonds is 8. The number of hydrogen-bond donors (Lipinski definition) is 1. The Labute approximate surface area is 240 Å². The number of sulfonamides is 1. The van der Waals surface area contributed by atoms with Gasteiger partial charge >= 0.3 is 6.18 Å². The zero-order chi connectivity index (χ0) is 30.5. The van der Waals surface area contributed by atoms with Gasteiger partial charge in [0.2, 0.25) is 5.88 Å². The minimum absolute atomic E-state index is 0.00459. The highest BCUT2D eigenvalue weighted by Gasteiger charge is 2.59. The molecular weight excluding hydrogens is 578 g/mol. The van der Waals surface area contributed by atoms with E-state index in [2.05, 4.69) is 10.1 Å². The molecule has 226 valence electrons. The van der Waals surface area contributed by atoms with Crippen molar-refractivity contribution in [2.24, 2.45) is 11.3 Å². The van der Waals surface area contributed by atoms with E-state index in [1.165, 1.54) is 41.2 Å². The van der Waals surface area contributed by atoms with E-state index in [0.29, 0.717) is 13.0 Å². The Morgan fingerprint density at radius 3 is 2.50 bits per heavy atom. The molecule has 14 heteroatoms. The van der Waals surface area contributed by atoms with Crippen LogP contribution in [-0.2, 0) is 10.0 Å². The molecule has 0 unspecified atom stereocenters. The van der Waals surface area contributed by atoms with Crippen LogP contribution in [0, 0.1) is 17.2 Å². The summed E-state index contributed by atoms with van der Waals surface area (Å²) in [5.74, 6) is -1.03. The second kappa shape index (κ2) is 10.5. The molecule has 0 spiro atoms. The van der Waals surface area contributed by atoms with Crippen LogP contribution in [0.1, 0.15) is 56.8 Å². The Hall–Kier alpha value is -3.68. The highest BCUT2D eigenvalue weighted by atomic mass is 32.2. The molecule has 1 amide bonds. The molecule has 5 rings (SSSR count). The van der Waals surface area contributed by atoms with Crippen molar-refractivity contribution in [2.45, 2.75) is 63.1 Å². The van der Waals surface area contributed by atoms with E-state index >= 15 is 0 Å². The maximum atomic E-state index is 13.7. The Morgan fingerprint density at radius 1 is 1.17 bits per heavy atom. The first-order chi connectivity index (χ1) is 19.6. The van der Waals surface area contributed by atoms with Crippen LogP contribution in [0.2, 0.25) is 0 Å². The average molecular weight is 610 g/mol. The molecule has 2 aromatic heterocycles. The zero-order valence-corrected chi connectivity index (χ0v) is 24.1. The van der Waals surface area contributed by atoms with Crippen molar-refractivity contribution in [3.8, 4) is 11.7 Å². The lowest BCUT2D eigenvalue weighted by Crippen LogP contribution is -2.48. The Kier molecular flexibility index (Phi) is 7.48. The van der Waals surface area contributed by atoms with Gasteiger partial charge in [-0.1, -0.05) is 19.4 Å². The van der Waals surface area contributed by atoms with Gasteiger partial charge in [0.25, 0.3) is 15.9 Å². The number of benzene rings is 1. The number of hydrogen-bond acceptors (Lipinski definition) is 7. The zero-order valence-electron chi connectivity index (χ0n) is 23.3. The molecule has 0 bridgehead atoms. The number of pyridine rings is 1. The van der Waals surface area contributed by atoms with Gasteiger partial charge in [-0.05, 0) is 69.4 Å². The molecule has 1 saturated carbocycles. The predicted octanol–water partition coefficient (Wildman–Crippen LogP) is 5.26. The van der Waals surface area contributed by atoms with E-state index in [0.717, 1.165) is 18.6 Å². The lowest BCUT2D eigenvalue weighted by molar-refractivity contribution is -0.259. The molecule has 1 saturated heterocycles. The number of carbonyl (C=O) groups is 1. The highest BCUT2D eigenvalue weighted by molar-refractivity contribution is 7.90. The molecule has 1 N–H and O–H groups in total. The van der Waals surface area contributed by atoms with Gasteiger partial charge in [0.15, 0.2) is 5.82 Å². The third-order valence-electron chi connectivity index (χ3n) is 7.97. The summed E-state index contributed by atoms with van der Waals surface area (Å²) in [5, 5.41) is 4.24. The van der Waals surface area contributed by atoms with E-state index < -0.39 is 50.4 Å². The number of amides is 1. The Balaban J connectivity index is 1.45. The Bertz CT molecular complexity index is 1600. The smallest absolute Gasteiger partial charge is 0.397 e. The first kappa shape index (κ1) is 29.8. The first-order valence-corrected chi connectivity index (χ1v) is 15.0. The van der Waals surface area contributed by atoms with E-state index in [4.69, 9.17) is 4.74 Å². The summed E-state index contributed by atoms with van der Waals surface area (Å²) in [7, 11) is -4.40. The van der Waals surface area contributed by atoms with Gasteiger partial charge in [0.05, 0.1) is 10.5 Å². The van der Waals surface area contributed by atoms with Gasteiger partial charge in [0.1, 0.15) is 23.7 Å². The fourth-order valence-electron chi connectivity index (χ4n) is 5.62. The van der Waals surface area contributed by atoms with E-state index in [9.17, 15) is 30.8 Å². The molecule has 42 heavy (non-hydrogen) atoms. The number of carbonyl (C=O) groups excluding carboxylic acids is 1. The van der Waals surface area contributed by atoms with Crippen LogP contribution in [0.3, 0.4) is 0 Å². The SMILES string of the molecule is C[C@@H]1CN(c2nc(-n3ccc(OCC4(C(F)(F)F)CCC4)n3)ccc2C(=O)NS(=O)(=O)c2cccc(F)c2)C(C)(C)C1. The summed E-state index contributed by atoms with van der Waals surface area (Å²) in [4.78, 5) is 19.5.